The number of hydrogen-bond donors (Lipinski definition) is 3. The van der Waals surface area contributed by atoms with Crippen molar-refractivity contribution in [2.75, 3.05) is 33.7 Å². The normalized spacial score (nSPS) is 14.1. The summed E-state index contributed by atoms with van der Waals surface area (Å²) in [5.41, 5.74) is 0.226. The lowest BCUT2D eigenvalue weighted by Crippen LogP contribution is -2.47. The van der Waals surface area contributed by atoms with Crippen LogP contribution in [0.5, 0.6) is 0 Å². The lowest BCUT2D eigenvalue weighted by Gasteiger charge is -2.27. The van der Waals surface area contributed by atoms with Gasteiger partial charge in [0.1, 0.15) is 0 Å². The summed E-state index contributed by atoms with van der Waals surface area (Å²) in [5, 5.41) is 15.9. The molecule has 5 heteroatoms. The van der Waals surface area contributed by atoms with Crippen molar-refractivity contribution in [3.63, 3.8) is 0 Å². The molecule has 0 aliphatic carbocycles. The summed E-state index contributed by atoms with van der Waals surface area (Å²) in [4.78, 5) is 13.6. The van der Waals surface area contributed by atoms with E-state index in [2.05, 4.69) is 10.6 Å². The molecule has 0 spiro atoms. The minimum atomic E-state index is -0.844. The highest BCUT2D eigenvalue weighted by atomic mass is 16.3. The van der Waals surface area contributed by atoms with Crippen molar-refractivity contribution in [1.29, 1.82) is 0 Å². The average Bonchev–Trinajstić information content (AvgIpc) is 2.36. The van der Waals surface area contributed by atoms with Crippen LogP contribution in [0.25, 0.3) is 0 Å². The molecule has 0 bridgehead atoms. The second-order valence-electron chi connectivity index (χ2n) is 5.60. The van der Waals surface area contributed by atoms with Crippen molar-refractivity contribution in [1.82, 2.24) is 15.5 Å². The molecule has 112 valence electrons. The van der Waals surface area contributed by atoms with Crippen LogP contribution in [-0.2, 0) is 11.3 Å². The minimum absolute atomic E-state index is 0.0745. The fraction of sp³-hybridized carbons (Fsp3) is 0.533. The van der Waals surface area contributed by atoms with Crippen molar-refractivity contribution in [2.24, 2.45) is 0 Å². The third kappa shape index (κ3) is 7.23. The average molecular weight is 279 g/mol. The van der Waals surface area contributed by atoms with Crippen molar-refractivity contribution in [2.45, 2.75) is 19.1 Å². The molecule has 0 aromatic heterocycles. The Kier molecular flexibility index (Phi) is 6.64. The molecule has 1 amide bonds. The van der Waals surface area contributed by atoms with E-state index >= 15 is 0 Å². The highest BCUT2D eigenvalue weighted by Gasteiger charge is 2.20. The highest BCUT2D eigenvalue weighted by Crippen LogP contribution is 2.02. The summed E-state index contributed by atoms with van der Waals surface area (Å²) < 4.78 is 0. The van der Waals surface area contributed by atoms with Gasteiger partial charge in [-0.25, -0.2) is 0 Å². The van der Waals surface area contributed by atoms with E-state index in [1.54, 1.807) is 6.92 Å². The maximum absolute atomic E-state index is 11.7. The number of nitrogens with one attached hydrogen (secondary N) is 2. The standard InChI is InChI=1S/C15H25N3O2/c1-15(20,12-18(2)3)11-16-10-14(19)17-9-13-7-5-4-6-8-13/h4-8,16,20H,9-12H2,1-3H3,(H,17,19). The summed E-state index contributed by atoms with van der Waals surface area (Å²) in [6.45, 7) is 3.41. The third-order valence-corrected chi connectivity index (χ3v) is 2.78. The summed E-state index contributed by atoms with van der Waals surface area (Å²) in [5.74, 6) is -0.0745. The molecule has 3 N–H and O–H groups in total. The molecule has 0 aliphatic heterocycles. The second-order valence-corrected chi connectivity index (χ2v) is 5.60. The molecule has 1 atom stereocenters. The molecule has 1 aromatic carbocycles. The number of benzene rings is 1. The van der Waals surface area contributed by atoms with Gasteiger partial charge in [-0.1, -0.05) is 30.3 Å². The number of likely N-dealkylation sites (N-methyl/N-ethyl adjacent to an activating group) is 1. The molecular weight excluding hydrogens is 254 g/mol. The second kappa shape index (κ2) is 7.99. The van der Waals surface area contributed by atoms with E-state index in [0.717, 1.165) is 5.56 Å². The molecule has 1 unspecified atom stereocenters. The summed E-state index contributed by atoms with van der Waals surface area (Å²) >= 11 is 0. The molecule has 0 fully saturated rings. The monoisotopic (exact) mass is 279 g/mol. The molecule has 0 radical (unpaired) electrons. The molecule has 0 aliphatic rings. The molecule has 20 heavy (non-hydrogen) atoms. The zero-order chi connectivity index (χ0) is 15.0. The predicted molar refractivity (Wildman–Crippen MR) is 80.3 cm³/mol. The van der Waals surface area contributed by atoms with E-state index in [1.807, 2.05) is 49.3 Å². The Hall–Kier alpha value is -1.43. The zero-order valence-electron chi connectivity index (χ0n) is 12.5. The van der Waals surface area contributed by atoms with Gasteiger partial charge in [0.25, 0.3) is 0 Å². The molecule has 1 aromatic rings. The van der Waals surface area contributed by atoms with Crippen LogP contribution in [0, 0.1) is 0 Å². The van der Waals surface area contributed by atoms with Gasteiger partial charge in [-0.15, -0.1) is 0 Å². The Balaban J connectivity index is 2.20. The van der Waals surface area contributed by atoms with E-state index < -0.39 is 5.60 Å². The van der Waals surface area contributed by atoms with Gasteiger partial charge in [0.2, 0.25) is 5.91 Å². The Morgan fingerprint density at radius 2 is 1.95 bits per heavy atom. The van der Waals surface area contributed by atoms with Gasteiger partial charge >= 0.3 is 0 Å². The fourth-order valence-corrected chi connectivity index (χ4v) is 2.04. The Bertz CT molecular complexity index is 405. The number of amides is 1. The SMILES string of the molecule is CN(C)CC(C)(O)CNCC(=O)NCc1ccccc1. The first-order chi connectivity index (χ1) is 9.39. The molecule has 1 rings (SSSR count). The number of carbonyl (C=O) groups is 1. The van der Waals surface area contributed by atoms with Crippen LogP contribution < -0.4 is 10.6 Å². The highest BCUT2D eigenvalue weighted by molar-refractivity contribution is 5.77. The first kappa shape index (κ1) is 16.6. The predicted octanol–water partition coefficient (Wildman–Crippen LogP) is 0.205. The molecule has 5 nitrogen and oxygen atoms in total. The van der Waals surface area contributed by atoms with Gasteiger partial charge in [-0.3, -0.25) is 4.79 Å². The maximum Gasteiger partial charge on any atom is 0.234 e. The maximum atomic E-state index is 11.7. The fourth-order valence-electron chi connectivity index (χ4n) is 2.04. The van der Waals surface area contributed by atoms with Gasteiger partial charge in [0.15, 0.2) is 0 Å². The van der Waals surface area contributed by atoms with Crippen molar-refractivity contribution < 1.29 is 9.90 Å². The van der Waals surface area contributed by atoms with Gasteiger partial charge in [0.05, 0.1) is 12.1 Å². The lowest BCUT2D eigenvalue weighted by atomic mass is 10.1. The van der Waals surface area contributed by atoms with E-state index in [4.69, 9.17) is 0 Å². The number of nitrogens with zero attached hydrogens (tertiary/aromatic N) is 1. The van der Waals surface area contributed by atoms with Crippen LogP contribution in [0.1, 0.15) is 12.5 Å². The third-order valence-electron chi connectivity index (χ3n) is 2.78. The summed E-state index contributed by atoms with van der Waals surface area (Å²) in [7, 11) is 3.81. The number of hydrogen-bond acceptors (Lipinski definition) is 4. The smallest absolute Gasteiger partial charge is 0.234 e. The number of carbonyl (C=O) groups excluding carboxylic acids is 1. The molecular formula is C15H25N3O2. The lowest BCUT2D eigenvalue weighted by molar-refractivity contribution is -0.120. The van der Waals surface area contributed by atoms with Crippen LogP contribution in [0.15, 0.2) is 30.3 Å². The van der Waals surface area contributed by atoms with Crippen LogP contribution in [0.2, 0.25) is 0 Å². The van der Waals surface area contributed by atoms with Crippen molar-refractivity contribution in [3.8, 4) is 0 Å². The Morgan fingerprint density at radius 3 is 2.55 bits per heavy atom. The van der Waals surface area contributed by atoms with Gasteiger partial charge in [0, 0.05) is 19.6 Å². The molecule has 0 saturated carbocycles. The van der Waals surface area contributed by atoms with E-state index in [9.17, 15) is 9.90 Å². The van der Waals surface area contributed by atoms with E-state index in [0.29, 0.717) is 19.6 Å². The quantitative estimate of drug-likeness (QED) is 0.636. The first-order valence-electron chi connectivity index (χ1n) is 6.77. The van der Waals surface area contributed by atoms with Crippen LogP contribution in [0.3, 0.4) is 0 Å². The van der Waals surface area contributed by atoms with Crippen LogP contribution >= 0.6 is 0 Å². The zero-order valence-corrected chi connectivity index (χ0v) is 12.5. The summed E-state index contributed by atoms with van der Waals surface area (Å²) in [6.07, 6.45) is 0. The topological polar surface area (TPSA) is 64.6 Å². The molecule has 0 heterocycles. The molecule has 0 saturated heterocycles. The van der Waals surface area contributed by atoms with Gasteiger partial charge in [-0.2, -0.15) is 0 Å². The van der Waals surface area contributed by atoms with E-state index in [-0.39, 0.29) is 12.5 Å². The van der Waals surface area contributed by atoms with E-state index in [1.165, 1.54) is 0 Å². The summed E-state index contributed by atoms with van der Waals surface area (Å²) in [6, 6.07) is 9.77. The number of rotatable bonds is 8. The van der Waals surface area contributed by atoms with Crippen molar-refractivity contribution >= 4 is 5.91 Å². The largest absolute Gasteiger partial charge is 0.388 e. The van der Waals surface area contributed by atoms with Crippen molar-refractivity contribution in [3.05, 3.63) is 35.9 Å². The Morgan fingerprint density at radius 1 is 1.30 bits per heavy atom. The first-order valence-corrected chi connectivity index (χ1v) is 6.77. The van der Waals surface area contributed by atoms with Crippen LogP contribution in [-0.4, -0.2) is 55.2 Å². The minimum Gasteiger partial charge on any atom is -0.388 e. The number of aliphatic hydroxyl groups is 1. The van der Waals surface area contributed by atoms with Crippen LogP contribution in [0.4, 0.5) is 0 Å². The Labute approximate surface area is 121 Å². The van der Waals surface area contributed by atoms with Gasteiger partial charge in [-0.05, 0) is 26.6 Å². The van der Waals surface area contributed by atoms with Gasteiger partial charge < -0.3 is 20.6 Å².